The fourth-order valence-electron chi connectivity index (χ4n) is 11.5. The molecule has 13 atom stereocenters. The molecule has 0 aromatic heterocycles. The van der Waals surface area contributed by atoms with Crippen molar-refractivity contribution in [2.45, 2.75) is 234 Å². The van der Waals surface area contributed by atoms with E-state index in [1.54, 1.807) is 79.7 Å². The molecule has 1 aromatic carbocycles. The number of imide groups is 1. The molecule has 3 saturated heterocycles. The number of rotatable bonds is 8. The number of carbonyl (C=O) groups is 8. The van der Waals surface area contributed by atoms with E-state index in [1.165, 1.54) is 31.3 Å². The molecule has 28 heteroatoms. The van der Waals surface area contributed by atoms with Crippen molar-refractivity contribution in [1.82, 2.24) is 9.96 Å². The molecular weight excluding hydrogens is 1200 g/mol. The summed E-state index contributed by atoms with van der Waals surface area (Å²) in [5, 5.41) is 18.6. The Morgan fingerprint density at radius 2 is 0.945 bits per heavy atom. The Morgan fingerprint density at radius 1 is 0.582 bits per heavy atom. The first-order valence-corrected chi connectivity index (χ1v) is 29.5. The predicted molar refractivity (Wildman–Crippen MR) is 327 cm³/mol. The average molecular weight is 1300 g/mol. The molecule has 512 valence electrons. The Kier molecular flexibility index (Phi) is 29.3. The molecule has 3 saturated carbocycles. The normalized spacial score (nSPS) is 29.1. The van der Waals surface area contributed by atoms with Gasteiger partial charge in [-0.05, 0) is 156 Å². The number of fused-ring (bicyclic) bond motifs is 4. The number of nitrogens with zero attached hydrogens (tertiary/aromatic N) is 2. The molecule has 0 bridgehead atoms. The molecular formula is C63H103AlLiN3O23. The molecule has 26 nitrogen and oxygen atoms in total. The molecule has 0 radical (unpaired) electrons. The van der Waals surface area contributed by atoms with Gasteiger partial charge in [0.1, 0.15) is 28.5 Å². The summed E-state index contributed by atoms with van der Waals surface area (Å²) < 4.78 is 65.8. The zero-order valence-corrected chi connectivity index (χ0v) is 55.7. The van der Waals surface area contributed by atoms with Crippen LogP contribution in [0.5, 0.6) is 0 Å². The third kappa shape index (κ3) is 22.3. The van der Waals surface area contributed by atoms with Crippen LogP contribution in [0.25, 0.3) is 0 Å². The van der Waals surface area contributed by atoms with Crippen LogP contribution in [-0.4, -0.2) is 202 Å². The van der Waals surface area contributed by atoms with Gasteiger partial charge in [-0.3, -0.25) is 38.9 Å². The quantitative estimate of drug-likeness (QED) is 0.0640. The average Bonchev–Trinajstić information content (AvgIpc) is 1.64. The van der Waals surface area contributed by atoms with Crippen molar-refractivity contribution < 1.29 is 131 Å². The van der Waals surface area contributed by atoms with E-state index in [-0.39, 0.29) is 141 Å². The van der Waals surface area contributed by atoms with E-state index in [4.69, 9.17) is 68.0 Å². The second kappa shape index (κ2) is 32.3. The Balaban J connectivity index is 0.000000574. The topological polar surface area (TPSA) is 330 Å². The van der Waals surface area contributed by atoms with E-state index in [1.807, 2.05) is 69.2 Å². The Bertz CT molecular complexity index is 2690. The number of hydrogen-bond acceptors (Lipinski definition) is 24. The van der Waals surface area contributed by atoms with Crippen molar-refractivity contribution in [3.05, 3.63) is 47.5 Å². The molecule has 3 aliphatic carbocycles. The molecule has 5 aliphatic heterocycles. The largest absolute Gasteiger partial charge is 1.00 e. The van der Waals surface area contributed by atoms with Gasteiger partial charge in [0.05, 0.1) is 86.1 Å². The fourth-order valence-corrected chi connectivity index (χ4v) is 11.5. The van der Waals surface area contributed by atoms with Crippen LogP contribution in [0, 0.1) is 35.5 Å². The predicted octanol–water partition coefficient (Wildman–Crippen LogP) is 3.08. The molecule has 6 fully saturated rings. The molecule has 91 heavy (non-hydrogen) atoms. The van der Waals surface area contributed by atoms with Crippen molar-refractivity contribution in [3.8, 4) is 0 Å². The van der Waals surface area contributed by atoms with Crippen LogP contribution in [0.15, 0.2) is 36.4 Å². The van der Waals surface area contributed by atoms with Crippen molar-refractivity contribution >= 4 is 65.1 Å². The summed E-state index contributed by atoms with van der Waals surface area (Å²) in [4.78, 5) is 100. The Labute approximate surface area is 559 Å². The minimum absolute atomic E-state index is 0. The SMILES string of the molecule is C.CC(C)(C)OC(=O)C1C[C@@H]2OC(C)(C)O[C@@H]2[C@H]1CO.CC(C)(C)OC(=O)C1C[C@@H]2OC(C)(C)O[C@@H]2[C@H]1CON.COC(=O)[C@@H]1C=CCN1C(=O)OC(C)(C)C.COC(=O)[C@H]1C(C(=O)OC(C)(C)C)C[C@@H]2OC(C)(C)O[C@@H]21.O=C1c2ccccc2C(=O)N1O.[AlH3].[H-].[Li+]. The molecule has 9 rings (SSSR count). The first-order chi connectivity index (χ1) is 40.4. The number of benzene rings is 1. The molecule has 8 aliphatic rings. The van der Waals surface area contributed by atoms with E-state index in [0.717, 1.165) is 0 Å². The molecule has 4 N–H and O–H groups in total. The summed E-state index contributed by atoms with van der Waals surface area (Å²) in [6.07, 6.45) is 3.00. The third-order valence-electron chi connectivity index (χ3n) is 14.7. The number of amides is 3. The number of methoxy groups -OCH3 is 2. The number of hydroxylamine groups is 2. The number of carbonyl (C=O) groups excluding carboxylic acids is 8. The standard InChI is InChI=1S/C15H24O6.C14H25NO5.C14H24O5.C11H17NO4.C8H5NO3.CH4.Al.Li.4H/c1-14(2,3)21-12(16)8-7-9-11(10(8)13(17)18-6)20-15(4,5)19-9;1-13(2,3)20-12(16)8-6-10-11(9(8)7-17-15)19-14(4,5)18-10;1-13(2,3)19-12(16)8-6-10-11(9(8)7-15)18-14(4,5)17-10;1-11(2,3)16-10(14)12-7-5-6-8(12)9(13)15-4;10-7-5-3-1-2-4-6(5)8(11)9(7)12;;;;;;;/h8-11H,7H2,1-6H3;8-11H,6-7,15H2,1-5H3;8-11,15H,6-7H2,1-5H3;5-6,8H,7H2,1-4H3;1-4,12H;1H4;;;;;;/q;;;;;;;+1;;;;-1/t8?,9-,10-,11-;2*8?,9-,10-,11+;8-;;;;;;;;/m0000......../s1. The van der Waals surface area contributed by atoms with Gasteiger partial charge in [-0.1, -0.05) is 31.7 Å². The minimum Gasteiger partial charge on any atom is -1.00 e. The maximum absolute atomic E-state index is 12.3. The summed E-state index contributed by atoms with van der Waals surface area (Å²) in [5.41, 5.74) is -1.69. The third-order valence-corrected chi connectivity index (χ3v) is 14.7. The van der Waals surface area contributed by atoms with Gasteiger partial charge in [-0.25, -0.2) is 15.5 Å². The van der Waals surface area contributed by atoms with Gasteiger partial charge in [0.15, 0.2) is 40.8 Å². The zero-order valence-electron chi connectivity index (χ0n) is 56.7. The van der Waals surface area contributed by atoms with E-state index in [0.29, 0.717) is 25.8 Å². The maximum atomic E-state index is 12.3. The van der Waals surface area contributed by atoms with Gasteiger partial charge in [-0.2, -0.15) is 0 Å². The second-order valence-electron chi connectivity index (χ2n) is 27.9. The van der Waals surface area contributed by atoms with E-state index in [2.05, 4.69) is 4.74 Å². The summed E-state index contributed by atoms with van der Waals surface area (Å²) in [6.45, 7) is 33.4. The summed E-state index contributed by atoms with van der Waals surface area (Å²) in [5.74, 6) is -2.27. The molecule has 1 aromatic rings. The van der Waals surface area contributed by atoms with Crippen LogP contribution in [0.2, 0.25) is 0 Å². The summed E-state index contributed by atoms with van der Waals surface area (Å²) >= 11 is 0. The first-order valence-electron chi connectivity index (χ1n) is 29.5. The van der Waals surface area contributed by atoms with E-state index >= 15 is 0 Å². The molecule has 5 heterocycles. The van der Waals surface area contributed by atoms with Crippen molar-refractivity contribution in [2.24, 2.45) is 41.4 Å². The van der Waals surface area contributed by atoms with Crippen LogP contribution < -0.4 is 24.8 Å². The van der Waals surface area contributed by atoms with Gasteiger partial charge in [0, 0.05) is 25.0 Å². The molecule has 3 unspecified atom stereocenters. The Morgan fingerprint density at radius 3 is 1.33 bits per heavy atom. The number of aliphatic hydroxyl groups excluding tert-OH is 1. The molecule has 3 amide bonds. The van der Waals surface area contributed by atoms with Crippen LogP contribution >= 0.6 is 0 Å². The van der Waals surface area contributed by atoms with Crippen molar-refractivity contribution in [3.63, 3.8) is 0 Å². The van der Waals surface area contributed by atoms with Crippen molar-refractivity contribution in [1.29, 1.82) is 0 Å². The van der Waals surface area contributed by atoms with Crippen molar-refractivity contribution in [2.75, 3.05) is 34.0 Å². The summed E-state index contributed by atoms with van der Waals surface area (Å²) in [6, 6.07) is 5.63. The minimum atomic E-state index is -0.749. The maximum Gasteiger partial charge on any atom is 1.00 e. The van der Waals surface area contributed by atoms with E-state index in [9.17, 15) is 43.5 Å². The number of hydrogen-bond donors (Lipinski definition) is 3. The summed E-state index contributed by atoms with van der Waals surface area (Å²) in [7, 11) is 2.60. The first kappa shape index (κ1) is 82.5. The Hall–Kier alpha value is -4.55. The van der Waals surface area contributed by atoms with Crippen LogP contribution in [0.1, 0.15) is 173 Å². The van der Waals surface area contributed by atoms with Gasteiger partial charge < -0.3 is 68.2 Å². The number of aliphatic hydroxyl groups is 1. The number of ether oxygens (including phenoxy) is 12. The number of nitrogens with two attached hydrogens (primary N) is 1. The van der Waals surface area contributed by atoms with Crippen LogP contribution in [0.3, 0.4) is 0 Å². The second-order valence-corrected chi connectivity index (χ2v) is 27.9. The van der Waals surface area contributed by atoms with Gasteiger partial charge in [0.2, 0.25) is 0 Å². The zero-order chi connectivity index (χ0) is 66.6. The van der Waals surface area contributed by atoms with Gasteiger partial charge >= 0.3 is 54.8 Å². The smallest absolute Gasteiger partial charge is 1.00 e. The van der Waals surface area contributed by atoms with Crippen LogP contribution in [-0.2, 0) is 85.7 Å². The fraction of sp³-hybridized carbons (Fsp3) is 0.746. The number of esters is 5. The van der Waals surface area contributed by atoms with Gasteiger partial charge in [-0.15, -0.1) is 5.06 Å². The van der Waals surface area contributed by atoms with Gasteiger partial charge in [0.25, 0.3) is 11.8 Å². The monoisotopic (exact) mass is 1300 g/mol. The molecule has 0 spiro atoms. The van der Waals surface area contributed by atoms with Crippen LogP contribution in [0.4, 0.5) is 4.79 Å². The van der Waals surface area contributed by atoms with E-state index < -0.39 is 99.6 Å².